The predicted molar refractivity (Wildman–Crippen MR) is 83.1 cm³/mol. The monoisotopic (exact) mass is 343 g/mol. The van der Waals surface area contributed by atoms with Crippen LogP contribution < -0.4 is 5.32 Å². The van der Waals surface area contributed by atoms with Crippen LogP contribution in [0, 0.1) is 0 Å². The maximum absolute atomic E-state index is 12.5. The Morgan fingerprint density at radius 2 is 1.92 bits per heavy atom. The van der Waals surface area contributed by atoms with E-state index in [0.717, 1.165) is 12.1 Å². The fourth-order valence-corrected chi connectivity index (χ4v) is 2.10. The van der Waals surface area contributed by atoms with Gasteiger partial charge in [0.2, 0.25) is 5.91 Å². The third-order valence-electron chi connectivity index (χ3n) is 3.37. The molecule has 0 saturated heterocycles. The molecule has 0 heterocycles. The van der Waals surface area contributed by atoms with Crippen LogP contribution in [0.4, 0.5) is 13.2 Å². The van der Waals surface area contributed by atoms with Crippen LogP contribution in [0.2, 0.25) is 0 Å². The van der Waals surface area contributed by atoms with Gasteiger partial charge in [0.1, 0.15) is 6.04 Å². The van der Waals surface area contributed by atoms with Gasteiger partial charge in [-0.05, 0) is 37.0 Å². The van der Waals surface area contributed by atoms with Gasteiger partial charge >= 0.3 is 12.1 Å². The Bertz CT molecular complexity index is 567. The standard InChI is InChI=1S/C17H20F3NO3/c1-3-4-5-6-14(16(23)24-2)21-15(22)11-12-7-9-13(10-8-12)17(18,19)20/h3,7-10,14H,1,4-6,11H2,2H3,(H,21,22)/t14-/m0/s1. The molecule has 0 bridgehead atoms. The van der Waals surface area contributed by atoms with Crippen molar-refractivity contribution < 1.29 is 27.5 Å². The van der Waals surface area contributed by atoms with E-state index in [4.69, 9.17) is 0 Å². The smallest absolute Gasteiger partial charge is 0.416 e. The summed E-state index contributed by atoms with van der Waals surface area (Å²) in [5.74, 6) is -1.01. The maximum atomic E-state index is 12.5. The van der Waals surface area contributed by atoms with Crippen molar-refractivity contribution in [1.82, 2.24) is 5.32 Å². The number of alkyl halides is 3. The van der Waals surface area contributed by atoms with Gasteiger partial charge in [0, 0.05) is 0 Å². The van der Waals surface area contributed by atoms with E-state index in [9.17, 15) is 22.8 Å². The van der Waals surface area contributed by atoms with Crippen LogP contribution in [0.1, 0.15) is 30.4 Å². The second kappa shape index (κ2) is 9.10. The molecule has 0 unspecified atom stereocenters. The van der Waals surface area contributed by atoms with Crippen molar-refractivity contribution >= 4 is 11.9 Å². The Kier molecular flexibility index (Phi) is 7.48. The lowest BCUT2D eigenvalue weighted by atomic mass is 10.1. The highest BCUT2D eigenvalue weighted by Gasteiger charge is 2.30. The molecule has 0 aliphatic carbocycles. The number of benzene rings is 1. The van der Waals surface area contributed by atoms with Gasteiger partial charge in [-0.15, -0.1) is 6.58 Å². The van der Waals surface area contributed by atoms with Gasteiger partial charge in [0.25, 0.3) is 0 Å². The third-order valence-corrected chi connectivity index (χ3v) is 3.37. The van der Waals surface area contributed by atoms with Crippen LogP contribution in [0.25, 0.3) is 0 Å². The number of methoxy groups -OCH3 is 1. The van der Waals surface area contributed by atoms with E-state index >= 15 is 0 Å². The number of allylic oxidation sites excluding steroid dienone is 1. The molecule has 1 aromatic carbocycles. The number of rotatable bonds is 8. The largest absolute Gasteiger partial charge is 0.467 e. The molecule has 1 amide bonds. The van der Waals surface area contributed by atoms with E-state index in [2.05, 4.69) is 16.6 Å². The maximum Gasteiger partial charge on any atom is 0.416 e. The molecule has 0 aromatic heterocycles. The molecule has 0 aliphatic heterocycles. The fraction of sp³-hybridized carbons (Fsp3) is 0.412. The quantitative estimate of drug-likeness (QED) is 0.448. The van der Waals surface area contributed by atoms with Gasteiger partial charge in [-0.3, -0.25) is 4.79 Å². The number of carbonyl (C=O) groups excluding carboxylic acids is 2. The van der Waals surface area contributed by atoms with Crippen molar-refractivity contribution in [3.05, 3.63) is 48.0 Å². The summed E-state index contributed by atoms with van der Waals surface area (Å²) in [5, 5.41) is 2.55. The van der Waals surface area contributed by atoms with Crippen molar-refractivity contribution in [2.75, 3.05) is 7.11 Å². The van der Waals surface area contributed by atoms with Crippen LogP contribution >= 0.6 is 0 Å². The number of amides is 1. The van der Waals surface area contributed by atoms with Gasteiger partial charge in [-0.1, -0.05) is 18.2 Å². The van der Waals surface area contributed by atoms with Gasteiger partial charge in [0.05, 0.1) is 19.1 Å². The van der Waals surface area contributed by atoms with Crippen LogP contribution in [0.3, 0.4) is 0 Å². The van der Waals surface area contributed by atoms with Crippen LogP contribution in [0.5, 0.6) is 0 Å². The molecule has 0 radical (unpaired) electrons. The molecular weight excluding hydrogens is 323 g/mol. The summed E-state index contributed by atoms with van der Waals surface area (Å²) in [7, 11) is 1.23. The van der Waals surface area contributed by atoms with E-state index in [-0.39, 0.29) is 6.42 Å². The number of carbonyl (C=O) groups is 2. The van der Waals surface area contributed by atoms with Gasteiger partial charge in [-0.25, -0.2) is 4.79 Å². The average Bonchev–Trinajstić information content (AvgIpc) is 2.53. The second-order valence-corrected chi connectivity index (χ2v) is 5.23. The van der Waals surface area contributed by atoms with Gasteiger partial charge in [0.15, 0.2) is 0 Å². The first-order valence-electron chi connectivity index (χ1n) is 7.42. The summed E-state index contributed by atoms with van der Waals surface area (Å²) in [5.41, 5.74) is -0.348. The first-order chi connectivity index (χ1) is 11.3. The number of hydrogen-bond acceptors (Lipinski definition) is 3. The Labute approximate surface area is 138 Å². The first kappa shape index (κ1) is 19.7. The lowest BCUT2D eigenvalue weighted by molar-refractivity contribution is -0.145. The number of esters is 1. The predicted octanol–water partition coefficient (Wildman–Crippen LogP) is 3.26. The molecule has 0 spiro atoms. The molecule has 7 heteroatoms. The zero-order valence-corrected chi connectivity index (χ0v) is 13.4. The van der Waals surface area contributed by atoms with Crippen molar-refractivity contribution in [2.24, 2.45) is 0 Å². The van der Waals surface area contributed by atoms with Gasteiger partial charge in [-0.2, -0.15) is 13.2 Å². The highest BCUT2D eigenvalue weighted by atomic mass is 19.4. The molecule has 4 nitrogen and oxygen atoms in total. The molecule has 1 N–H and O–H groups in total. The van der Waals surface area contributed by atoms with E-state index in [1.165, 1.54) is 19.2 Å². The first-order valence-corrected chi connectivity index (χ1v) is 7.42. The molecule has 1 rings (SSSR count). The molecule has 132 valence electrons. The summed E-state index contributed by atoms with van der Waals surface area (Å²) in [4.78, 5) is 23.7. The van der Waals surface area contributed by atoms with Crippen LogP contribution in [0.15, 0.2) is 36.9 Å². The Morgan fingerprint density at radius 3 is 2.42 bits per heavy atom. The molecule has 0 saturated carbocycles. The van der Waals surface area contributed by atoms with E-state index in [0.29, 0.717) is 24.8 Å². The van der Waals surface area contributed by atoms with Crippen molar-refractivity contribution in [1.29, 1.82) is 0 Å². The summed E-state index contributed by atoms with van der Waals surface area (Å²) in [6, 6.07) is 3.55. The summed E-state index contributed by atoms with van der Waals surface area (Å²) < 4.78 is 42.1. The highest BCUT2D eigenvalue weighted by Crippen LogP contribution is 2.29. The van der Waals surface area contributed by atoms with E-state index in [1.807, 2.05) is 0 Å². The zero-order valence-electron chi connectivity index (χ0n) is 13.4. The van der Waals surface area contributed by atoms with E-state index in [1.54, 1.807) is 6.08 Å². The van der Waals surface area contributed by atoms with Crippen molar-refractivity contribution in [2.45, 2.75) is 37.9 Å². The van der Waals surface area contributed by atoms with E-state index < -0.39 is 29.7 Å². The molecule has 0 aliphatic rings. The van der Waals surface area contributed by atoms with Crippen molar-refractivity contribution in [3.8, 4) is 0 Å². The molecular formula is C17H20F3NO3. The Hall–Kier alpha value is -2.31. The normalized spacial score (nSPS) is 12.3. The minimum absolute atomic E-state index is 0.118. The second-order valence-electron chi connectivity index (χ2n) is 5.23. The summed E-state index contributed by atoms with van der Waals surface area (Å²) >= 11 is 0. The zero-order chi connectivity index (χ0) is 18.2. The fourth-order valence-electron chi connectivity index (χ4n) is 2.10. The topological polar surface area (TPSA) is 55.4 Å². The highest BCUT2D eigenvalue weighted by molar-refractivity contribution is 5.85. The Morgan fingerprint density at radius 1 is 1.29 bits per heavy atom. The molecule has 1 atom stereocenters. The number of halogens is 3. The SMILES string of the molecule is C=CCCC[C@H](NC(=O)Cc1ccc(C(F)(F)F)cc1)C(=O)OC. The van der Waals surface area contributed by atoms with Crippen molar-refractivity contribution in [3.63, 3.8) is 0 Å². The molecule has 0 fully saturated rings. The molecule has 1 aromatic rings. The lowest BCUT2D eigenvalue weighted by Crippen LogP contribution is -2.42. The summed E-state index contributed by atoms with van der Waals surface area (Å²) in [6.45, 7) is 3.58. The number of unbranched alkanes of at least 4 members (excludes halogenated alkanes) is 1. The average molecular weight is 343 g/mol. The van der Waals surface area contributed by atoms with Crippen LogP contribution in [-0.2, 0) is 26.9 Å². The molecule has 24 heavy (non-hydrogen) atoms. The Balaban J connectivity index is 2.64. The van der Waals surface area contributed by atoms with Crippen LogP contribution in [-0.4, -0.2) is 25.0 Å². The summed E-state index contributed by atoms with van der Waals surface area (Å²) in [6.07, 6.45) is -1.07. The number of hydrogen-bond donors (Lipinski definition) is 1. The van der Waals surface area contributed by atoms with Gasteiger partial charge < -0.3 is 10.1 Å². The third kappa shape index (κ3) is 6.44. The lowest BCUT2D eigenvalue weighted by Gasteiger charge is -2.16. The minimum Gasteiger partial charge on any atom is -0.467 e. The number of nitrogens with one attached hydrogen (secondary N) is 1. The minimum atomic E-state index is -4.41. The number of ether oxygens (including phenoxy) is 1.